The van der Waals surface area contributed by atoms with E-state index in [-0.39, 0.29) is 16.7 Å². The summed E-state index contributed by atoms with van der Waals surface area (Å²) in [4.78, 5) is 13.0. The summed E-state index contributed by atoms with van der Waals surface area (Å²) >= 11 is 1.14. The summed E-state index contributed by atoms with van der Waals surface area (Å²) in [5.41, 5.74) is 5.60. The molecule has 1 unspecified atom stereocenters. The van der Waals surface area contributed by atoms with Crippen LogP contribution >= 0.6 is 11.3 Å². The second-order valence-corrected chi connectivity index (χ2v) is 5.84. The van der Waals surface area contributed by atoms with Crippen molar-refractivity contribution in [1.29, 1.82) is 0 Å². The molecule has 19 heavy (non-hydrogen) atoms. The molecule has 0 saturated heterocycles. The monoisotopic (exact) mass is 290 g/mol. The molecule has 0 aromatic carbocycles. The molecule has 0 bridgehead atoms. The highest BCUT2D eigenvalue weighted by molar-refractivity contribution is 7.14. The molecule has 3 N–H and O–H groups in total. The maximum Gasteiger partial charge on any atom is 0.387 e. The molecular formula is C12H16F2N2O2S. The van der Waals surface area contributed by atoms with Crippen LogP contribution in [0.3, 0.4) is 0 Å². The molecule has 7 heteroatoms. The molecule has 1 fully saturated rings. The van der Waals surface area contributed by atoms with Gasteiger partial charge in [0, 0.05) is 17.5 Å². The molecule has 2 rings (SSSR count). The van der Waals surface area contributed by atoms with Crippen molar-refractivity contribution >= 4 is 17.2 Å². The van der Waals surface area contributed by atoms with E-state index in [1.54, 1.807) is 6.92 Å². The molecule has 0 radical (unpaired) electrons. The number of nitrogens with two attached hydrogens (primary N) is 1. The number of ether oxygens (including phenoxy) is 1. The van der Waals surface area contributed by atoms with E-state index < -0.39 is 12.5 Å². The minimum Gasteiger partial charge on any atom is -0.433 e. The van der Waals surface area contributed by atoms with Gasteiger partial charge in [0.2, 0.25) is 0 Å². The zero-order valence-electron chi connectivity index (χ0n) is 10.5. The Balaban J connectivity index is 2.08. The van der Waals surface area contributed by atoms with Gasteiger partial charge in [0.15, 0.2) is 0 Å². The summed E-state index contributed by atoms with van der Waals surface area (Å²) in [6, 6.07) is 1.36. The Hall–Kier alpha value is -1.21. The molecule has 4 nitrogen and oxygen atoms in total. The van der Waals surface area contributed by atoms with E-state index in [1.165, 1.54) is 6.07 Å². The topological polar surface area (TPSA) is 64.3 Å². The first-order valence-corrected chi connectivity index (χ1v) is 6.89. The second kappa shape index (κ2) is 5.83. The number of rotatable bonds is 6. The third-order valence-electron chi connectivity index (χ3n) is 3.00. The summed E-state index contributed by atoms with van der Waals surface area (Å²) < 4.78 is 28.9. The number of carbonyl (C=O) groups is 1. The van der Waals surface area contributed by atoms with Gasteiger partial charge in [-0.05, 0) is 31.7 Å². The van der Waals surface area contributed by atoms with Gasteiger partial charge in [0.1, 0.15) is 10.6 Å². The third-order valence-corrected chi connectivity index (χ3v) is 4.04. The van der Waals surface area contributed by atoms with Gasteiger partial charge in [0.25, 0.3) is 5.91 Å². The fourth-order valence-corrected chi connectivity index (χ4v) is 2.78. The molecule has 1 aromatic rings. The SMILES string of the molecule is Cc1cc(OC(F)F)c(C(=O)NC(CN)C2CC2)s1. The summed E-state index contributed by atoms with van der Waals surface area (Å²) in [5, 5.41) is 2.79. The van der Waals surface area contributed by atoms with Crippen LogP contribution < -0.4 is 15.8 Å². The number of amides is 1. The Labute approximate surface area is 113 Å². The lowest BCUT2D eigenvalue weighted by atomic mass is 10.2. The van der Waals surface area contributed by atoms with E-state index in [2.05, 4.69) is 10.1 Å². The highest BCUT2D eigenvalue weighted by Gasteiger charge is 2.32. The predicted octanol–water partition coefficient (Wildman–Crippen LogP) is 2.13. The maximum atomic E-state index is 12.3. The van der Waals surface area contributed by atoms with E-state index in [4.69, 9.17) is 5.73 Å². The van der Waals surface area contributed by atoms with Crippen molar-refractivity contribution in [3.8, 4) is 5.75 Å². The van der Waals surface area contributed by atoms with Crippen molar-refractivity contribution in [1.82, 2.24) is 5.32 Å². The van der Waals surface area contributed by atoms with Gasteiger partial charge in [0.05, 0.1) is 0 Å². The zero-order chi connectivity index (χ0) is 14.0. The molecule has 1 aromatic heterocycles. The van der Waals surface area contributed by atoms with E-state index >= 15 is 0 Å². The number of thiophene rings is 1. The highest BCUT2D eigenvalue weighted by atomic mass is 32.1. The van der Waals surface area contributed by atoms with Crippen molar-refractivity contribution in [2.75, 3.05) is 6.54 Å². The molecule has 0 spiro atoms. The van der Waals surface area contributed by atoms with Gasteiger partial charge < -0.3 is 15.8 Å². The van der Waals surface area contributed by atoms with Gasteiger partial charge >= 0.3 is 6.61 Å². The van der Waals surface area contributed by atoms with Crippen molar-refractivity contribution in [2.24, 2.45) is 11.7 Å². The van der Waals surface area contributed by atoms with Gasteiger partial charge in [-0.3, -0.25) is 4.79 Å². The van der Waals surface area contributed by atoms with Crippen LogP contribution in [-0.4, -0.2) is 25.1 Å². The number of hydrogen-bond acceptors (Lipinski definition) is 4. The lowest BCUT2D eigenvalue weighted by molar-refractivity contribution is -0.0498. The van der Waals surface area contributed by atoms with E-state index in [9.17, 15) is 13.6 Å². The standard InChI is InChI=1S/C12H16F2N2O2S/c1-6-4-9(18-12(13)14)10(19-6)11(17)16-8(5-15)7-2-3-7/h4,7-8,12H,2-3,5,15H2,1H3,(H,16,17). The Kier molecular flexibility index (Phi) is 4.36. The molecule has 1 saturated carbocycles. The van der Waals surface area contributed by atoms with Crippen molar-refractivity contribution < 1.29 is 18.3 Å². The van der Waals surface area contributed by atoms with Crippen LogP contribution in [0, 0.1) is 12.8 Å². The Morgan fingerprint density at radius 1 is 1.63 bits per heavy atom. The molecule has 0 aliphatic heterocycles. The lowest BCUT2D eigenvalue weighted by Crippen LogP contribution is -2.41. The molecular weight excluding hydrogens is 274 g/mol. The maximum absolute atomic E-state index is 12.3. The van der Waals surface area contributed by atoms with Gasteiger partial charge in [-0.15, -0.1) is 11.3 Å². The fraction of sp³-hybridized carbons (Fsp3) is 0.583. The fourth-order valence-electron chi connectivity index (χ4n) is 1.93. The number of alkyl halides is 2. The van der Waals surface area contributed by atoms with Crippen molar-refractivity contribution in [3.05, 3.63) is 15.8 Å². The van der Waals surface area contributed by atoms with E-state index in [1.807, 2.05) is 0 Å². The van der Waals surface area contributed by atoms with Crippen LogP contribution in [-0.2, 0) is 0 Å². The molecule has 1 heterocycles. The van der Waals surface area contributed by atoms with Crippen LogP contribution in [0.15, 0.2) is 6.07 Å². The van der Waals surface area contributed by atoms with Crippen LogP contribution in [0.25, 0.3) is 0 Å². The van der Waals surface area contributed by atoms with E-state index in [0.29, 0.717) is 12.5 Å². The number of nitrogens with one attached hydrogen (secondary N) is 1. The quantitative estimate of drug-likeness (QED) is 0.843. The summed E-state index contributed by atoms with van der Waals surface area (Å²) in [7, 11) is 0. The predicted molar refractivity (Wildman–Crippen MR) is 68.7 cm³/mol. The van der Waals surface area contributed by atoms with Crippen molar-refractivity contribution in [3.63, 3.8) is 0 Å². The van der Waals surface area contributed by atoms with Crippen molar-refractivity contribution in [2.45, 2.75) is 32.4 Å². The molecule has 106 valence electrons. The average Bonchev–Trinajstić information content (AvgIpc) is 3.10. The molecule has 1 aliphatic carbocycles. The average molecular weight is 290 g/mol. The Bertz CT molecular complexity index is 461. The molecule has 1 amide bonds. The van der Waals surface area contributed by atoms with Crippen LogP contribution in [0.1, 0.15) is 27.4 Å². The van der Waals surface area contributed by atoms with Gasteiger partial charge in [-0.2, -0.15) is 8.78 Å². The summed E-state index contributed by atoms with van der Waals surface area (Å²) in [6.07, 6.45) is 2.10. The largest absolute Gasteiger partial charge is 0.433 e. The van der Waals surface area contributed by atoms with Crippen LogP contribution in [0.2, 0.25) is 0 Å². The Morgan fingerprint density at radius 3 is 2.84 bits per heavy atom. The van der Waals surface area contributed by atoms with E-state index in [0.717, 1.165) is 29.1 Å². The first kappa shape index (κ1) is 14.2. The summed E-state index contributed by atoms with van der Waals surface area (Å²) in [5.74, 6) is -0.0489. The normalized spacial score (nSPS) is 16.5. The highest BCUT2D eigenvalue weighted by Crippen LogP contribution is 2.34. The minimum absolute atomic E-state index is 0.0680. The first-order valence-electron chi connectivity index (χ1n) is 6.07. The van der Waals surface area contributed by atoms with Gasteiger partial charge in [-0.25, -0.2) is 0 Å². The smallest absolute Gasteiger partial charge is 0.387 e. The lowest BCUT2D eigenvalue weighted by Gasteiger charge is -2.15. The van der Waals surface area contributed by atoms with Crippen LogP contribution in [0.4, 0.5) is 8.78 Å². The second-order valence-electron chi connectivity index (χ2n) is 4.58. The number of carbonyl (C=O) groups excluding carboxylic acids is 1. The molecule has 1 aliphatic rings. The van der Waals surface area contributed by atoms with Gasteiger partial charge in [-0.1, -0.05) is 0 Å². The third kappa shape index (κ3) is 3.63. The van der Waals surface area contributed by atoms with Crippen LogP contribution in [0.5, 0.6) is 5.75 Å². The minimum atomic E-state index is -2.94. The number of hydrogen-bond donors (Lipinski definition) is 2. The molecule has 1 atom stereocenters. The zero-order valence-corrected chi connectivity index (χ0v) is 11.3. The summed E-state index contributed by atoms with van der Waals surface area (Å²) in [6.45, 7) is -0.846. The first-order chi connectivity index (χ1) is 9.01. The number of aryl methyl sites for hydroxylation is 1. The number of halogens is 2. The Morgan fingerprint density at radius 2 is 2.32 bits per heavy atom.